The van der Waals surface area contributed by atoms with E-state index >= 15 is 0 Å². The molecular weight excluding hydrogens is 378 g/mol. The number of hydrazine groups is 1. The number of hydrogen-bond acceptors (Lipinski definition) is 5. The van der Waals surface area contributed by atoms with Gasteiger partial charge in [0.05, 0.1) is 5.69 Å². The normalized spacial score (nSPS) is 20.1. The third kappa shape index (κ3) is 4.21. The van der Waals surface area contributed by atoms with E-state index in [0.717, 1.165) is 19.5 Å². The standard InChI is InChI=1S/C23H27N5O2/c1-16(27-13-12-18-8-6-7-9-19(18)15-27)14-24-22(29)21-25-17(2)23(30)28(26-21)20-10-4-3-5-11-20/h3-11,16-17H,12-15H2,1-2H3,(H,24,29)(H,25,26)/t16-,17-/m1/s1. The maximum absolute atomic E-state index is 12.8. The Labute approximate surface area is 176 Å². The molecule has 0 saturated heterocycles. The van der Waals surface area contributed by atoms with Crippen molar-refractivity contribution in [1.82, 2.24) is 15.6 Å². The second-order valence-corrected chi connectivity index (χ2v) is 7.82. The van der Waals surface area contributed by atoms with E-state index in [9.17, 15) is 9.59 Å². The second kappa shape index (κ2) is 8.67. The smallest absolute Gasteiger partial charge is 0.288 e. The lowest BCUT2D eigenvalue weighted by Crippen LogP contribution is -2.58. The fourth-order valence-electron chi connectivity index (χ4n) is 3.85. The van der Waals surface area contributed by atoms with Gasteiger partial charge in [-0.1, -0.05) is 42.5 Å². The van der Waals surface area contributed by atoms with E-state index in [1.807, 2.05) is 30.3 Å². The summed E-state index contributed by atoms with van der Waals surface area (Å²) in [5.74, 6) is -0.347. The van der Waals surface area contributed by atoms with E-state index in [2.05, 4.69) is 51.8 Å². The lowest BCUT2D eigenvalue weighted by molar-refractivity contribution is -0.120. The second-order valence-electron chi connectivity index (χ2n) is 7.82. The van der Waals surface area contributed by atoms with Gasteiger partial charge in [0.15, 0.2) is 0 Å². The van der Waals surface area contributed by atoms with Crippen LogP contribution in [-0.4, -0.2) is 47.7 Å². The molecule has 2 aliphatic rings. The van der Waals surface area contributed by atoms with Crippen LogP contribution in [0.15, 0.2) is 59.6 Å². The highest BCUT2D eigenvalue weighted by molar-refractivity contribution is 6.39. The number of nitrogens with one attached hydrogen (secondary N) is 2. The highest BCUT2D eigenvalue weighted by Crippen LogP contribution is 2.20. The molecule has 0 radical (unpaired) electrons. The molecule has 0 spiro atoms. The van der Waals surface area contributed by atoms with Crippen LogP contribution in [0.1, 0.15) is 25.0 Å². The number of hydrogen-bond donors (Lipinski definition) is 2. The molecule has 7 heteroatoms. The van der Waals surface area contributed by atoms with Gasteiger partial charge < -0.3 is 5.32 Å². The Morgan fingerprint density at radius 1 is 1.17 bits per heavy atom. The first kappa shape index (κ1) is 20.1. The van der Waals surface area contributed by atoms with Crippen LogP contribution in [0.25, 0.3) is 0 Å². The molecule has 30 heavy (non-hydrogen) atoms. The number of aliphatic imine (C=N–C) groups is 1. The van der Waals surface area contributed by atoms with Crippen LogP contribution in [-0.2, 0) is 22.6 Å². The number of anilines is 1. The van der Waals surface area contributed by atoms with Crippen molar-refractivity contribution in [2.75, 3.05) is 18.1 Å². The molecule has 2 aliphatic heterocycles. The summed E-state index contributed by atoms with van der Waals surface area (Å²) >= 11 is 0. The lowest BCUT2D eigenvalue weighted by atomic mass is 9.99. The summed E-state index contributed by atoms with van der Waals surface area (Å²) in [6, 6.07) is 17.3. The molecule has 2 N–H and O–H groups in total. The molecule has 0 fully saturated rings. The Morgan fingerprint density at radius 3 is 2.63 bits per heavy atom. The van der Waals surface area contributed by atoms with Crippen LogP contribution < -0.4 is 15.8 Å². The largest absolute Gasteiger partial charge is 0.348 e. The van der Waals surface area contributed by atoms with E-state index in [1.54, 1.807) is 6.92 Å². The highest BCUT2D eigenvalue weighted by atomic mass is 16.2. The fraction of sp³-hybridized carbons (Fsp3) is 0.348. The fourth-order valence-corrected chi connectivity index (χ4v) is 3.85. The SMILES string of the molecule is C[C@H](CNC(=O)C1=N[C@H](C)C(=O)N(c2ccccc2)N1)N1CCc2ccccc2C1. The van der Waals surface area contributed by atoms with E-state index in [0.29, 0.717) is 12.2 Å². The molecule has 2 heterocycles. The van der Waals surface area contributed by atoms with Crippen LogP contribution >= 0.6 is 0 Å². The van der Waals surface area contributed by atoms with Crippen molar-refractivity contribution in [3.8, 4) is 0 Å². The third-order valence-corrected chi connectivity index (χ3v) is 5.69. The van der Waals surface area contributed by atoms with Crippen molar-refractivity contribution >= 4 is 23.3 Å². The van der Waals surface area contributed by atoms with Crippen molar-refractivity contribution in [3.05, 3.63) is 65.7 Å². The number of amides is 2. The van der Waals surface area contributed by atoms with Gasteiger partial charge in [-0.25, -0.2) is 10.0 Å². The van der Waals surface area contributed by atoms with Gasteiger partial charge in [0, 0.05) is 25.7 Å². The quantitative estimate of drug-likeness (QED) is 0.797. The first-order valence-electron chi connectivity index (χ1n) is 10.4. The summed E-state index contributed by atoms with van der Waals surface area (Å²) < 4.78 is 0. The molecule has 7 nitrogen and oxygen atoms in total. The van der Waals surface area contributed by atoms with Gasteiger partial charge in [0.2, 0.25) is 5.84 Å². The van der Waals surface area contributed by atoms with Crippen LogP contribution in [0.3, 0.4) is 0 Å². The van der Waals surface area contributed by atoms with Crippen molar-refractivity contribution in [2.24, 2.45) is 4.99 Å². The zero-order chi connectivity index (χ0) is 21.1. The number of benzene rings is 2. The van der Waals surface area contributed by atoms with Crippen LogP contribution in [0.4, 0.5) is 5.69 Å². The van der Waals surface area contributed by atoms with E-state index in [4.69, 9.17) is 0 Å². The van der Waals surface area contributed by atoms with Gasteiger partial charge in [0.25, 0.3) is 11.8 Å². The Kier molecular flexibility index (Phi) is 5.81. The summed E-state index contributed by atoms with van der Waals surface area (Å²) in [4.78, 5) is 31.9. The molecular formula is C23H27N5O2. The van der Waals surface area contributed by atoms with Gasteiger partial charge in [-0.3, -0.25) is 19.9 Å². The number of carbonyl (C=O) groups is 2. The molecule has 0 bridgehead atoms. The monoisotopic (exact) mass is 405 g/mol. The Bertz CT molecular complexity index is 959. The summed E-state index contributed by atoms with van der Waals surface area (Å²) in [6.45, 7) is 6.18. The highest BCUT2D eigenvalue weighted by Gasteiger charge is 2.31. The topological polar surface area (TPSA) is 77.0 Å². The first-order chi connectivity index (χ1) is 14.5. The summed E-state index contributed by atoms with van der Waals surface area (Å²) in [7, 11) is 0. The van der Waals surface area contributed by atoms with Gasteiger partial charge in [-0.2, -0.15) is 0 Å². The van der Waals surface area contributed by atoms with Gasteiger partial charge >= 0.3 is 0 Å². The van der Waals surface area contributed by atoms with E-state index in [-0.39, 0.29) is 23.7 Å². The number of para-hydroxylation sites is 1. The Hall–Kier alpha value is -3.19. The first-order valence-corrected chi connectivity index (χ1v) is 10.4. The Balaban J connectivity index is 1.37. The van der Waals surface area contributed by atoms with Crippen molar-refractivity contribution in [2.45, 2.75) is 38.9 Å². The summed E-state index contributed by atoms with van der Waals surface area (Å²) in [5.41, 5.74) is 6.31. The molecule has 4 rings (SSSR count). The molecule has 0 aromatic heterocycles. The van der Waals surface area contributed by atoms with Crippen LogP contribution in [0, 0.1) is 0 Å². The number of fused-ring (bicyclic) bond motifs is 1. The van der Waals surface area contributed by atoms with E-state index < -0.39 is 6.04 Å². The van der Waals surface area contributed by atoms with Gasteiger partial charge in [0.1, 0.15) is 6.04 Å². The van der Waals surface area contributed by atoms with Crippen LogP contribution in [0.5, 0.6) is 0 Å². The maximum atomic E-state index is 12.8. The van der Waals surface area contributed by atoms with Gasteiger partial charge in [-0.05, 0) is 43.5 Å². The minimum absolute atomic E-state index is 0.155. The summed E-state index contributed by atoms with van der Waals surface area (Å²) in [5, 5.41) is 4.36. The minimum Gasteiger partial charge on any atom is -0.348 e. The van der Waals surface area contributed by atoms with Crippen molar-refractivity contribution in [3.63, 3.8) is 0 Å². The lowest BCUT2D eigenvalue weighted by Gasteiger charge is -2.34. The summed E-state index contributed by atoms with van der Waals surface area (Å²) in [6.07, 6.45) is 1.02. The number of carbonyl (C=O) groups excluding carboxylic acids is 2. The molecule has 2 atom stereocenters. The third-order valence-electron chi connectivity index (χ3n) is 5.69. The average Bonchev–Trinajstić information content (AvgIpc) is 2.79. The molecule has 0 unspecified atom stereocenters. The van der Waals surface area contributed by atoms with Crippen molar-refractivity contribution < 1.29 is 9.59 Å². The van der Waals surface area contributed by atoms with Gasteiger partial charge in [-0.15, -0.1) is 0 Å². The predicted octanol–water partition coefficient (Wildman–Crippen LogP) is 1.89. The molecule has 0 aliphatic carbocycles. The van der Waals surface area contributed by atoms with Crippen molar-refractivity contribution in [1.29, 1.82) is 0 Å². The Morgan fingerprint density at radius 2 is 1.87 bits per heavy atom. The molecule has 156 valence electrons. The zero-order valence-corrected chi connectivity index (χ0v) is 17.3. The zero-order valence-electron chi connectivity index (χ0n) is 17.3. The van der Waals surface area contributed by atoms with E-state index in [1.165, 1.54) is 16.1 Å². The molecule has 0 saturated carbocycles. The molecule has 2 aromatic carbocycles. The molecule has 2 aromatic rings. The average molecular weight is 406 g/mol. The maximum Gasteiger partial charge on any atom is 0.288 e. The predicted molar refractivity (Wildman–Crippen MR) is 117 cm³/mol. The number of rotatable bonds is 5. The minimum atomic E-state index is -0.622. The molecule has 2 amide bonds. The number of amidine groups is 1. The van der Waals surface area contributed by atoms with Crippen LogP contribution in [0.2, 0.25) is 0 Å². The number of nitrogens with zero attached hydrogens (tertiary/aromatic N) is 3.